The summed E-state index contributed by atoms with van der Waals surface area (Å²) in [5.74, 6) is 0.288. The van der Waals surface area contributed by atoms with Crippen molar-refractivity contribution < 1.29 is 9.53 Å². The molecule has 0 amide bonds. The highest BCUT2D eigenvalue weighted by Crippen LogP contribution is 2.38. The van der Waals surface area contributed by atoms with E-state index in [4.69, 9.17) is 4.74 Å². The molecule has 0 N–H and O–H groups in total. The average Bonchev–Trinajstić information content (AvgIpc) is 3.01. The third-order valence-electron chi connectivity index (χ3n) is 6.51. The second-order valence-electron chi connectivity index (χ2n) is 8.86. The summed E-state index contributed by atoms with van der Waals surface area (Å²) in [6.07, 6.45) is 11.0. The zero-order valence-corrected chi connectivity index (χ0v) is 19.5. The van der Waals surface area contributed by atoms with Crippen LogP contribution in [0.3, 0.4) is 0 Å². The van der Waals surface area contributed by atoms with Crippen LogP contribution in [0, 0.1) is 0 Å². The molecule has 1 fully saturated rings. The number of ether oxygens (including phenoxy) is 1. The lowest BCUT2D eigenvalue weighted by atomic mass is 9.86. The molecule has 3 aromatic rings. The van der Waals surface area contributed by atoms with E-state index in [2.05, 4.69) is 77.7 Å². The molecule has 0 aromatic heterocycles. The highest BCUT2D eigenvalue weighted by molar-refractivity contribution is 5.94. The number of carbonyl (C=O) groups is 1. The summed E-state index contributed by atoms with van der Waals surface area (Å²) < 4.78 is 5.19. The maximum Gasteiger partial charge on any atom is 0.308 e. The smallest absolute Gasteiger partial charge is 0.308 e. The first kappa shape index (κ1) is 22.1. The van der Waals surface area contributed by atoms with E-state index in [1.54, 1.807) is 11.6 Å². The van der Waals surface area contributed by atoms with Crippen LogP contribution in [0.15, 0.2) is 84.4 Å². The van der Waals surface area contributed by atoms with Gasteiger partial charge in [0.15, 0.2) is 0 Å². The van der Waals surface area contributed by atoms with Crippen molar-refractivity contribution in [2.24, 2.45) is 0 Å². The minimum Gasteiger partial charge on any atom is -0.427 e. The molecule has 1 aliphatic carbocycles. The Bertz CT molecular complexity index is 1240. The van der Waals surface area contributed by atoms with Crippen LogP contribution < -0.4 is 4.74 Å². The second kappa shape index (κ2) is 10.1. The summed E-state index contributed by atoms with van der Waals surface area (Å²) in [6, 6.07) is 25.1. The molecular formula is C31H29NO2. The van der Waals surface area contributed by atoms with Gasteiger partial charge in [0.25, 0.3) is 0 Å². The fourth-order valence-electron chi connectivity index (χ4n) is 4.89. The topological polar surface area (TPSA) is 29.5 Å². The van der Waals surface area contributed by atoms with E-state index in [-0.39, 0.29) is 5.97 Å². The third-order valence-corrected chi connectivity index (χ3v) is 6.51. The number of benzene rings is 3. The SMILES string of the molecule is CC(=O)Oc1cccc(C=CCN2CCC(=C3c4ccccc4C=Cc4ccccc43)CC2)c1. The summed E-state index contributed by atoms with van der Waals surface area (Å²) in [5, 5.41) is 0. The molecule has 5 rings (SSSR count). The molecule has 1 aliphatic heterocycles. The van der Waals surface area contributed by atoms with Crippen molar-refractivity contribution in [3.63, 3.8) is 0 Å². The van der Waals surface area contributed by atoms with Crippen molar-refractivity contribution >= 4 is 29.8 Å². The summed E-state index contributed by atoms with van der Waals surface area (Å²) >= 11 is 0. The molecule has 1 saturated heterocycles. The zero-order valence-electron chi connectivity index (χ0n) is 19.5. The Morgan fingerprint density at radius 3 is 2.18 bits per heavy atom. The summed E-state index contributed by atoms with van der Waals surface area (Å²) in [5.41, 5.74) is 9.30. The highest BCUT2D eigenvalue weighted by Gasteiger charge is 2.22. The molecule has 3 nitrogen and oxygen atoms in total. The molecule has 2 aliphatic rings. The monoisotopic (exact) mass is 447 g/mol. The standard InChI is InChI=1S/C31H29NO2/c1-23(33)34-28-12-6-8-24(22-28)9-7-19-32-20-17-27(18-21-32)31-29-13-4-2-10-25(29)15-16-26-11-3-5-14-30(26)31/h2-16,22H,17-21H2,1H3. The zero-order chi connectivity index (χ0) is 23.3. The third kappa shape index (κ3) is 4.95. The maximum absolute atomic E-state index is 11.2. The van der Waals surface area contributed by atoms with Crippen LogP contribution in [0.5, 0.6) is 5.75 Å². The van der Waals surface area contributed by atoms with Crippen LogP contribution in [-0.2, 0) is 4.79 Å². The van der Waals surface area contributed by atoms with Crippen LogP contribution in [0.1, 0.15) is 47.6 Å². The predicted molar refractivity (Wildman–Crippen MR) is 140 cm³/mol. The molecular weight excluding hydrogens is 418 g/mol. The number of likely N-dealkylation sites (tertiary alicyclic amines) is 1. The maximum atomic E-state index is 11.2. The molecule has 0 bridgehead atoms. The fourth-order valence-corrected chi connectivity index (χ4v) is 4.89. The van der Waals surface area contributed by atoms with Crippen LogP contribution in [-0.4, -0.2) is 30.5 Å². The van der Waals surface area contributed by atoms with Crippen molar-refractivity contribution in [2.45, 2.75) is 19.8 Å². The lowest BCUT2D eigenvalue weighted by Gasteiger charge is -2.29. The Morgan fingerprint density at radius 2 is 1.53 bits per heavy atom. The summed E-state index contributed by atoms with van der Waals surface area (Å²) in [7, 11) is 0. The molecule has 0 radical (unpaired) electrons. The van der Waals surface area contributed by atoms with E-state index < -0.39 is 0 Å². The molecule has 34 heavy (non-hydrogen) atoms. The number of hydrogen-bond donors (Lipinski definition) is 0. The number of esters is 1. The fraction of sp³-hybridized carbons (Fsp3) is 0.194. The van der Waals surface area contributed by atoms with Gasteiger partial charge in [0.2, 0.25) is 0 Å². The Balaban J connectivity index is 1.31. The molecule has 170 valence electrons. The van der Waals surface area contributed by atoms with Crippen molar-refractivity contribution in [3.8, 4) is 5.75 Å². The van der Waals surface area contributed by atoms with Gasteiger partial charge in [-0.05, 0) is 58.4 Å². The summed E-state index contributed by atoms with van der Waals surface area (Å²) in [6.45, 7) is 4.43. The van der Waals surface area contributed by atoms with Gasteiger partial charge >= 0.3 is 5.97 Å². The number of carbonyl (C=O) groups excluding carboxylic acids is 1. The Morgan fingerprint density at radius 1 is 0.882 bits per heavy atom. The van der Waals surface area contributed by atoms with Crippen molar-refractivity contribution in [2.75, 3.05) is 19.6 Å². The molecule has 3 aromatic carbocycles. The number of piperidine rings is 1. The van der Waals surface area contributed by atoms with Gasteiger partial charge in [-0.25, -0.2) is 0 Å². The average molecular weight is 448 g/mol. The van der Waals surface area contributed by atoms with Gasteiger partial charge in [-0.15, -0.1) is 0 Å². The quantitative estimate of drug-likeness (QED) is 0.257. The van der Waals surface area contributed by atoms with Crippen molar-refractivity contribution in [1.29, 1.82) is 0 Å². The van der Waals surface area contributed by atoms with E-state index in [0.717, 1.165) is 38.0 Å². The largest absolute Gasteiger partial charge is 0.427 e. The van der Waals surface area contributed by atoms with E-state index in [1.165, 1.54) is 34.8 Å². The molecule has 0 atom stereocenters. The minimum atomic E-state index is -0.297. The Labute approximate surface area is 201 Å². The minimum absolute atomic E-state index is 0.297. The molecule has 0 spiro atoms. The number of hydrogen-bond acceptors (Lipinski definition) is 3. The van der Waals surface area contributed by atoms with Gasteiger partial charge in [0.05, 0.1) is 0 Å². The Kier molecular flexibility index (Phi) is 6.55. The lowest BCUT2D eigenvalue weighted by Crippen LogP contribution is -2.31. The molecule has 0 unspecified atom stereocenters. The first-order valence-electron chi connectivity index (χ1n) is 11.9. The van der Waals surface area contributed by atoms with E-state index >= 15 is 0 Å². The number of fused-ring (bicyclic) bond motifs is 2. The van der Waals surface area contributed by atoms with Gasteiger partial charge in [-0.3, -0.25) is 9.69 Å². The number of nitrogens with zero attached hydrogens (tertiary/aromatic N) is 1. The van der Waals surface area contributed by atoms with E-state index in [1.807, 2.05) is 18.2 Å². The lowest BCUT2D eigenvalue weighted by molar-refractivity contribution is -0.131. The predicted octanol–water partition coefficient (Wildman–Crippen LogP) is 6.71. The van der Waals surface area contributed by atoms with Crippen LogP contribution in [0.25, 0.3) is 23.8 Å². The van der Waals surface area contributed by atoms with Gasteiger partial charge in [-0.2, -0.15) is 0 Å². The second-order valence-corrected chi connectivity index (χ2v) is 8.86. The van der Waals surface area contributed by atoms with E-state index in [9.17, 15) is 4.79 Å². The first-order valence-corrected chi connectivity index (χ1v) is 11.9. The normalized spacial score (nSPS) is 15.7. The van der Waals surface area contributed by atoms with Gasteiger partial charge in [0.1, 0.15) is 5.75 Å². The van der Waals surface area contributed by atoms with E-state index in [0.29, 0.717) is 5.75 Å². The van der Waals surface area contributed by atoms with Crippen LogP contribution >= 0.6 is 0 Å². The van der Waals surface area contributed by atoms with Gasteiger partial charge < -0.3 is 4.74 Å². The van der Waals surface area contributed by atoms with Crippen LogP contribution in [0.4, 0.5) is 0 Å². The van der Waals surface area contributed by atoms with Crippen molar-refractivity contribution in [1.82, 2.24) is 4.90 Å². The van der Waals surface area contributed by atoms with Gasteiger partial charge in [-0.1, -0.05) is 90.5 Å². The molecule has 1 heterocycles. The van der Waals surface area contributed by atoms with Crippen molar-refractivity contribution in [3.05, 3.63) is 112 Å². The first-order chi connectivity index (χ1) is 16.7. The number of rotatable bonds is 4. The van der Waals surface area contributed by atoms with Gasteiger partial charge in [0, 0.05) is 26.6 Å². The molecule has 0 saturated carbocycles. The summed E-state index contributed by atoms with van der Waals surface area (Å²) in [4.78, 5) is 13.7. The van der Waals surface area contributed by atoms with Crippen LogP contribution in [0.2, 0.25) is 0 Å². The molecule has 3 heteroatoms. The highest BCUT2D eigenvalue weighted by atomic mass is 16.5. The Hall–Kier alpha value is -3.69.